The number of fused-ring (bicyclic) bond motifs is 1. The Morgan fingerprint density at radius 3 is 2.34 bits per heavy atom. The topological polar surface area (TPSA) is 49.0 Å². The van der Waals surface area contributed by atoms with Crippen LogP contribution in [0.4, 0.5) is 0 Å². The van der Waals surface area contributed by atoms with Crippen molar-refractivity contribution in [3.05, 3.63) is 104 Å². The molecule has 0 radical (unpaired) electrons. The number of benzene rings is 3. The Kier molecular flexibility index (Phi) is 7.06. The molecule has 3 aromatic carbocycles. The molecule has 9 heteroatoms. The van der Waals surface area contributed by atoms with Crippen LogP contribution in [0.3, 0.4) is 0 Å². The summed E-state index contributed by atoms with van der Waals surface area (Å²) in [5.41, 5.74) is 3.10. The van der Waals surface area contributed by atoms with Gasteiger partial charge in [0.1, 0.15) is 10.4 Å². The van der Waals surface area contributed by atoms with Gasteiger partial charge in [-0.25, -0.2) is 4.98 Å². The Morgan fingerprint density at radius 1 is 0.971 bits per heavy atom. The Balaban J connectivity index is 1.66. The van der Waals surface area contributed by atoms with Gasteiger partial charge in [0.2, 0.25) is 0 Å². The summed E-state index contributed by atoms with van der Waals surface area (Å²) in [6.07, 6.45) is 0. The Hall–Kier alpha value is -2.91. The number of rotatable bonds is 7. The number of thiazole rings is 1. The third-order valence-electron chi connectivity index (χ3n) is 5.28. The zero-order valence-electron chi connectivity index (χ0n) is 18.7. The standard InChI is InChI=1S/C26H20ClN3O2S3/c1-2-32-21-14-12-20(13-15-21)29-23-22(35-26(29)33)24(31)30(19-6-4-3-5-7-19)25(28-23)34-16-17-8-10-18(27)11-9-17/h3-15H,2,16H2,1H3. The minimum atomic E-state index is -0.138. The second-order valence-corrected chi connectivity index (χ2v) is 10.6. The Morgan fingerprint density at radius 2 is 1.66 bits per heavy atom. The third kappa shape index (κ3) is 4.92. The molecule has 0 fully saturated rings. The lowest BCUT2D eigenvalue weighted by Crippen LogP contribution is -2.21. The van der Waals surface area contributed by atoms with E-state index in [2.05, 4.69) is 0 Å². The highest BCUT2D eigenvalue weighted by molar-refractivity contribution is 7.98. The number of aromatic nitrogens is 3. The summed E-state index contributed by atoms with van der Waals surface area (Å²) in [7, 11) is 0. The quantitative estimate of drug-likeness (QED) is 0.124. The first-order valence-corrected chi connectivity index (χ1v) is 13.5. The zero-order chi connectivity index (χ0) is 24.4. The largest absolute Gasteiger partial charge is 0.494 e. The molecule has 0 unspecified atom stereocenters. The first-order valence-electron chi connectivity index (χ1n) is 10.9. The van der Waals surface area contributed by atoms with Crippen LogP contribution in [-0.4, -0.2) is 20.7 Å². The van der Waals surface area contributed by atoms with Gasteiger partial charge in [-0.3, -0.25) is 13.9 Å². The molecule has 0 amide bonds. The zero-order valence-corrected chi connectivity index (χ0v) is 21.9. The molecule has 0 atom stereocenters. The van der Waals surface area contributed by atoms with Crippen molar-refractivity contribution >= 4 is 57.3 Å². The molecular formula is C26H20ClN3O2S3. The lowest BCUT2D eigenvalue weighted by molar-refractivity contribution is 0.340. The summed E-state index contributed by atoms with van der Waals surface area (Å²) in [4.78, 5) is 18.7. The first kappa shape index (κ1) is 23.8. The minimum absolute atomic E-state index is 0.138. The monoisotopic (exact) mass is 537 g/mol. The summed E-state index contributed by atoms with van der Waals surface area (Å²) in [5, 5.41) is 1.28. The predicted octanol–water partition coefficient (Wildman–Crippen LogP) is 7.31. The third-order valence-corrected chi connectivity index (χ3v) is 7.89. The highest BCUT2D eigenvalue weighted by atomic mass is 35.5. The second kappa shape index (κ2) is 10.4. The van der Waals surface area contributed by atoms with Crippen LogP contribution >= 0.6 is 46.9 Å². The molecule has 0 N–H and O–H groups in total. The average molecular weight is 538 g/mol. The van der Waals surface area contributed by atoms with Gasteiger partial charge in [-0.2, -0.15) is 0 Å². The van der Waals surface area contributed by atoms with E-state index in [1.165, 1.54) is 23.1 Å². The van der Waals surface area contributed by atoms with Crippen molar-refractivity contribution in [3.63, 3.8) is 0 Å². The number of thioether (sulfide) groups is 1. The molecule has 5 rings (SSSR count). The summed E-state index contributed by atoms with van der Waals surface area (Å²) < 4.78 is 10.2. The van der Waals surface area contributed by atoms with E-state index < -0.39 is 0 Å². The van der Waals surface area contributed by atoms with E-state index in [1.807, 2.05) is 90.4 Å². The molecule has 5 nitrogen and oxygen atoms in total. The van der Waals surface area contributed by atoms with E-state index in [-0.39, 0.29) is 5.56 Å². The molecule has 35 heavy (non-hydrogen) atoms. The van der Waals surface area contributed by atoms with E-state index in [0.717, 1.165) is 22.7 Å². The van der Waals surface area contributed by atoms with Crippen LogP contribution in [0.15, 0.2) is 88.8 Å². The number of para-hydroxylation sites is 1. The number of nitrogens with zero attached hydrogens (tertiary/aromatic N) is 3. The van der Waals surface area contributed by atoms with Crippen molar-refractivity contribution in [2.24, 2.45) is 0 Å². The lowest BCUT2D eigenvalue weighted by Gasteiger charge is -2.13. The van der Waals surface area contributed by atoms with Crippen LogP contribution in [0.2, 0.25) is 5.02 Å². The van der Waals surface area contributed by atoms with Crippen LogP contribution in [0.25, 0.3) is 21.7 Å². The molecule has 0 saturated carbocycles. The molecule has 0 aliphatic carbocycles. The van der Waals surface area contributed by atoms with E-state index >= 15 is 0 Å². The fourth-order valence-corrected chi connectivity index (χ4v) is 6.04. The fourth-order valence-electron chi connectivity index (χ4n) is 3.65. The molecule has 0 spiro atoms. The van der Waals surface area contributed by atoms with E-state index in [0.29, 0.717) is 36.8 Å². The van der Waals surface area contributed by atoms with Crippen molar-refractivity contribution in [1.82, 2.24) is 14.1 Å². The second-order valence-electron chi connectivity index (χ2n) is 7.57. The number of hydrogen-bond donors (Lipinski definition) is 0. The number of halogens is 1. The van der Waals surface area contributed by atoms with Crippen molar-refractivity contribution < 1.29 is 4.74 Å². The SMILES string of the molecule is CCOc1ccc(-n2c(=S)sc3c(=O)n(-c4ccccc4)c(SCc4ccc(Cl)cc4)nc32)cc1. The molecular weight excluding hydrogens is 518 g/mol. The molecule has 5 aromatic rings. The Labute approximate surface area is 220 Å². The summed E-state index contributed by atoms with van der Waals surface area (Å²) >= 11 is 14.5. The predicted molar refractivity (Wildman–Crippen MR) is 148 cm³/mol. The van der Waals surface area contributed by atoms with Crippen LogP contribution in [0, 0.1) is 3.95 Å². The van der Waals surface area contributed by atoms with Gasteiger partial charge in [0.25, 0.3) is 5.56 Å². The molecule has 2 aromatic heterocycles. The highest BCUT2D eigenvalue weighted by Gasteiger charge is 2.19. The van der Waals surface area contributed by atoms with Gasteiger partial charge in [-0.15, -0.1) is 0 Å². The van der Waals surface area contributed by atoms with Gasteiger partial charge in [0.15, 0.2) is 14.8 Å². The summed E-state index contributed by atoms with van der Waals surface area (Å²) in [5.74, 6) is 1.41. The van der Waals surface area contributed by atoms with E-state index in [4.69, 9.17) is 33.5 Å². The highest BCUT2D eigenvalue weighted by Crippen LogP contribution is 2.29. The van der Waals surface area contributed by atoms with E-state index in [9.17, 15) is 4.79 Å². The fraction of sp³-hybridized carbons (Fsp3) is 0.115. The maximum Gasteiger partial charge on any atom is 0.278 e. The van der Waals surface area contributed by atoms with Crippen LogP contribution < -0.4 is 10.3 Å². The van der Waals surface area contributed by atoms with Gasteiger partial charge < -0.3 is 4.74 Å². The summed E-state index contributed by atoms with van der Waals surface area (Å²) in [6, 6.07) is 24.9. The van der Waals surface area contributed by atoms with Crippen molar-refractivity contribution in [1.29, 1.82) is 0 Å². The molecule has 176 valence electrons. The van der Waals surface area contributed by atoms with Crippen LogP contribution in [0.5, 0.6) is 5.75 Å². The van der Waals surface area contributed by atoms with Crippen molar-refractivity contribution in [2.45, 2.75) is 17.8 Å². The van der Waals surface area contributed by atoms with Crippen LogP contribution in [-0.2, 0) is 5.75 Å². The molecule has 0 aliphatic heterocycles. The maximum atomic E-state index is 13.8. The Bertz CT molecular complexity index is 1590. The molecule has 0 bridgehead atoms. The van der Waals surface area contributed by atoms with Gasteiger partial charge in [0.05, 0.1) is 12.3 Å². The van der Waals surface area contributed by atoms with Crippen molar-refractivity contribution in [2.75, 3.05) is 6.61 Å². The first-order chi connectivity index (χ1) is 17.0. The molecule has 2 heterocycles. The van der Waals surface area contributed by atoms with Crippen LogP contribution in [0.1, 0.15) is 12.5 Å². The average Bonchev–Trinajstić information content (AvgIpc) is 3.21. The number of hydrogen-bond acceptors (Lipinski definition) is 6. The number of ether oxygens (including phenoxy) is 1. The molecule has 0 saturated heterocycles. The van der Waals surface area contributed by atoms with Gasteiger partial charge >= 0.3 is 0 Å². The van der Waals surface area contributed by atoms with Gasteiger partial charge in [-0.05, 0) is 73.2 Å². The smallest absolute Gasteiger partial charge is 0.278 e. The maximum absolute atomic E-state index is 13.8. The lowest BCUT2D eigenvalue weighted by atomic mass is 10.2. The minimum Gasteiger partial charge on any atom is -0.494 e. The van der Waals surface area contributed by atoms with Gasteiger partial charge in [-0.1, -0.05) is 65.0 Å². The normalized spacial score (nSPS) is 11.1. The van der Waals surface area contributed by atoms with Gasteiger partial charge in [0, 0.05) is 16.5 Å². The summed E-state index contributed by atoms with van der Waals surface area (Å²) in [6.45, 7) is 2.54. The van der Waals surface area contributed by atoms with Crippen molar-refractivity contribution in [3.8, 4) is 17.1 Å². The van der Waals surface area contributed by atoms with E-state index in [1.54, 1.807) is 4.57 Å². The molecule has 0 aliphatic rings.